The molecule has 2 bridgehead atoms. The smallest absolute Gasteiger partial charge is 0.460 e. The molecule has 2 fully saturated rings. The summed E-state index contributed by atoms with van der Waals surface area (Å²) in [5.74, 6) is -2.93. The van der Waals surface area contributed by atoms with E-state index in [9.17, 15) is 26.8 Å². The summed E-state index contributed by atoms with van der Waals surface area (Å²) in [4.78, 5) is 22.9. The van der Waals surface area contributed by atoms with Crippen LogP contribution < -0.4 is 0 Å². The van der Waals surface area contributed by atoms with Crippen LogP contribution in [0.5, 0.6) is 0 Å². The number of carbonyl (C=O) groups is 2. The van der Waals surface area contributed by atoms with Crippen molar-refractivity contribution in [2.75, 3.05) is 6.61 Å². The van der Waals surface area contributed by atoms with Gasteiger partial charge in [-0.3, -0.25) is 9.35 Å². The van der Waals surface area contributed by atoms with Crippen molar-refractivity contribution in [2.45, 2.75) is 30.9 Å². The molecule has 1 N–H and O–H groups in total. The predicted octanol–water partition coefficient (Wildman–Crippen LogP) is 1.02. The third-order valence-corrected chi connectivity index (χ3v) is 4.76. The minimum atomic E-state index is -5.87. The summed E-state index contributed by atoms with van der Waals surface area (Å²) in [7, 11) is -5.87. The van der Waals surface area contributed by atoms with Gasteiger partial charge in [-0.25, -0.2) is 4.79 Å². The van der Waals surface area contributed by atoms with Gasteiger partial charge >= 0.3 is 21.3 Å². The Morgan fingerprint density at radius 1 is 1.35 bits per heavy atom. The van der Waals surface area contributed by atoms with Gasteiger partial charge in [0.25, 0.3) is 0 Å². The van der Waals surface area contributed by atoms with Crippen molar-refractivity contribution >= 4 is 21.9 Å². The molecular formula is C11H14F2O6S. The SMILES string of the molecule is O=C1C2CCC(C2)CC1COC(=O)C(F)(F)S(=O)(=O)O. The molecule has 0 amide bonds. The summed E-state index contributed by atoms with van der Waals surface area (Å²) in [5, 5.41) is -5.01. The van der Waals surface area contributed by atoms with Crippen molar-refractivity contribution in [1.82, 2.24) is 0 Å². The number of fused-ring (bicyclic) bond motifs is 2. The number of alkyl halides is 2. The van der Waals surface area contributed by atoms with Crippen molar-refractivity contribution < 1.29 is 36.1 Å². The highest BCUT2D eigenvalue weighted by atomic mass is 32.2. The molecule has 0 aromatic carbocycles. The van der Waals surface area contributed by atoms with Crippen LogP contribution in [-0.2, 0) is 24.4 Å². The summed E-state index contributed by atoms with van der Waals surface area (Å²) in [6.07, 6.45) is 2.89. The standard InChI is InChI=1S/C11H14F2O6S/c12-11(13,20(16,17)18)10(15)19-5-8-4-6-1-2-7(3-6)9(8)14/h6-8H,1-5H2,(H,16,17,18). The quantitative estimate of drug-likeness (QED) is 0.614. The number of ketones is 1. The van der Waals surface area contributed by atoms with E-state index in [1.54, 1.807) is 0 Å². The molecule has 0 saturated heterocycles. The monoisotopic (exact) mass is 312 g/mol. The first-order valence-electron chi connectivity index (χ1n) is 6.18. The van der Waals surface area contributed by atoms with Gasteiger partial charge in [0.2, 0.25) is 0 Å². The van der Waals surface area contributed by atoms with Crippen LogP contribution in [0.25, 0.3) is 0 Å². The molecule has 114 valence electrons. The lowest BCUT2D eigenvalue weighted by Gasteiger charge is -2.26. The Kier molecular flexibility index (Phi) is 3.85. The number of ether oxygens (including phenoxy) is 1. The Labute approximate surface area is 114 Å². The summed E-state index contributed by atoms with van der Waals surface area (Å²) >= 11 is 0. The molecule has 2 aliphatic rings. The first kappa shape index (κ1) is 15.3. The molecule has 0 aliphatic heterocycles. The van der Waals surface area contributed by atoms with Crippen LogP contribution in [-0.4, -0.2) is 36.6 Å². The molecular weight excluding hydrogens is 298 g/mol. The molecule has 0 heterocycles. The van der Waals surface area contributed by atoms with Crippen LogP contribution in [0.15, 0.2) is 0 Å². The minimum absolute atomic E-state index is 0.112. The second-order valence-corrected chi connectivity index (χ2v) is 6.76. The second kappa shape index (κ2) is 5.03. The molecule has 9 heteroatoms. The maximum atomic E-state index is 12.9. The molecule has 6 nitrogen and oxygen atoms in total. The molecule has 3 atom stereocenters. The topological polar surface area (TPSA) is 97.7 Å². The van der Waals surface area contributed by atoms with Crippen LogP contribution in [0.2, 0.25) is 0 Å². The summed E-state index contributed by atoms with van der Waals surface area (Å²) in [5.41, 5.74) is 0. The summed E-state index contributed by atoms with van der Waals surface area (Å²) in [6.45, 7) is -0.574. The number of carbonyl (C=O) groups excluding carboxylic acids is 2. The molecule has 0 aromatic heterocycles. The number of esters is 1. The number of hydrogen-bond acceptors (Lipinski definition) is 5. The van der Waals surface area contributed by atoms with Gasteiger partial charge < -0.3 is 4.74 Å². The summed E-state index contributed by atoms with van der Waals surface area (Å²) in [6, 6.07) is 0. The van der Waals surface area contributed by atoms with E-state index < -0.39 is 33.9 Å². The zero-order chi connectivity index (χ0) is 15.1. The van der Waals surface area contributed by atoms with Crippen LogP contribution >= 0.6 is 0 Å². The largest absolute Gasteiger partial charge is 0.465 e. The highest BCUT2D eigenvalue weighted by Gasteiger charge is 2.54. The average Bonchev–Trinajstić information content (AvgIpc) is 2.74. The van der Waals surface area contributed by atoms with Gasteiger partial charge in [0.1, 0.15) is 12.4 Å². The van der Waals surface area contributed by atoms with Crippen molar-refractivity contribution in [3.63, 3.8) is 0 Å². The van der Waals surface area contributed by atoms with E-state index in [1.165, 1.54) is 0 Å². The molecule has 0 aromatic rings. The van der Waals surface area contributed by atoms with Gasteiger partial charge in [-0.15, -0.1) is 0 Å². The lowest BCUT2D eigenvalue weighted by molar-refractivity contribution is -0.164. The van der Waals surface area contributed by atoms with Crippen molar-refractivity contribution in [3.8, 4) is 0 Å². The Hall–Kier alpha value is -1.09. The van der Waals surface area contributed by atoms with E-state index in [4.69, 9.17) is 4.55 Å². The first-order valence-corrected chi connectivity index (χ1v) is 7.62. The number of hydrogen-bond donors (Lipinski definition) is 1. The van der Waals surface area contributed by atoms with Gasteiger partial charge in [-0.1, -0.05) is 0 Å². The van der Waals surface area contributed by atoms with Crippen molar-refractivity contribution in [3.05, 3.63) is 0 Å². The Balaban J connectivity index is 1.96. The molecule has 20 heavy (non-hydrogen) atoms. The highest BCUT2D eigenvalue weighted by molar-refractivity contribution is 7.87. The van der Waals surface area contributed by atoms with E-state index in [0.29, 0.717) is 12.3 Å². The molecule has 2 aliphatic carbocycles. The maximum Gasteiger partial charge on any atom is 0.465 e. The first-order chi connectivity index (χ1) is 9.13. The maximum absolute atomic E-state index is 12.9. The van der Waals surface area contributed by atoms with Crippen LogP contribution in [0, 0.1) is 17.8 Å². The number of Topliss-reactive ketones (excluding diaryl/α,β-unsaturated/α-hetero) is 1. The highest BCUT2D eigenvalue weighted by Crippen LogP contribution is 2.42. The fourth-order valence-corrected chi connectivity index (χ4v) is 3.18. The van der Waals surface area contributed by atoms with Gasteiger partial charge in [-0.2, -0.15) is 17.2 Å². The van der Waals surface area contributed by atoms with Gasteiger partial charge in [0.05, 0.1) is 5.92 Å². The fraction of sp³-hybridized carbons (Fsp3) is 0.818. The lowest BCUT2D eigenvalue weighted by Crippen LogP contribution is -2.41. The zero-order valence-corrected chi connectivity index (χ0v) is 11.2. The van der Waals surface area contributed by atoms with E-state index in [-0.39, 0.29) is 11.7 Å². The van der Waals surface area contributed by atoms with Crippen LogP contribution in [0.3, 0.4) is 0 Å². The normalized spacial score (nSPS) is 30.4. The van der Waals surface area contributed by atoms with Crippen LogP contribution in [0.1, 0.15) is 25.7 Å². The van der Waals surface area contributed by atoms with Crippen molar-refractivity contribution in [2.24, 2.45) is 17.8 Å². The van der Waals surface area contributed by atoms with Gasteiger partial charge in [0.15, 0.2) is 0 Å². The third-order valence-electron chi connectivity index (χ3n) is 3.94. The Morgan fingerprint density at radius 2 is 2.00 bits per heavy atom. The van der Waals surface area contributed by atoms with E-state index in [0.717, 1.165) is 19.3 Å². The third kappa shape index (κ3) is 2.69. The van der Waals surface area contributed by atoms with E-state index in [2.05, 4.69) is 4.74 Å². The Bertz CT molecular complexity index is 529. The molecule has 0 radical (unpaired) electrons. The van der Waals surface area contributed by atoms with E-state index in [1.807, 2.05) is 0 Å². The zero-order valence-electron chi connectivity index (χ0n) is 10.4. The second-order valence-electron chi connectivity index (χ2n) is 5.30. The van der Waals surface area contributed by atoms with E-state index >= 15 is 0 Å². The average molecular weight is 312 g/mol. The molecule has 3 unspecified atom stereocenters. The van der Waals surface area contributed by atoms with Crippen molar-refractivity contribution in [1.29, 1.82) is 0 Å². The molecule has 0 spiro atoms. The summed E-state index contributed by atoms with van der Waals surface area (Å²) < 4.78 is 59.1. The minimum Gasteiger partial charge on any atom is -0.460 e. The number of rotatable bonds is 4. The molecule has 2 rings (SSSR count). The van der Waals surface area contributed by atoms with Crippen LogP contribution in [0.4, 0.5) is 8.78 Å². The predicted molar refractivity (Wildman–Crippen MR) is 61.4 cm³/mol. The fourth-order valence-electron chi connectivity index (χ4n) is 2.92. The number of halogens is 2. The Morgan fingerprint density at radius 3 is 2.60 bits per heavy atom. The van der Waals surface area contributed by atoms with Gasteiger partial charge in [0, 0.05) is 5.92 Å². The molecule has 2 saturated carbocycles. The lowest BCUT2D eigenvalue weighted by atomic mass is 9.80. The van der Waals surface area contributed by atoms with Gasteiger partial charge in [-0.05, 0) is 31.6 Å².